The van der Waals surface area contributed by atoms with Gasteiger partial charge in [0.1, 0.15) is 11.9 Å². The van der Waals surface area contributed by atoms with Gasteiger partial charge in [0.25, 0.3) is 0 Å². The second-order valence-electron chi connectivity index (χ2n) is 7.33. The first kappa shape index (κ1) is 21.0. The molecule has 6 heteroatoms. The van der Waals surface area contributed by atoms with Crippen molar-refractivity contribution >= 4 is 24.0 Å². The molecular weight excluding hydrogens is 352 g/mol. The van der Waals surface area contributed by atoms with Crippen molar-refractivity contribution in [2.75, 3.05) is 18.4 Å². The molecule has 2 aliphatic rings. The fourth-order valence-corrected chi connectivity index (χ4v) is 3.78. The van der Waals surface area contributed by atoms with Gasteiger partial charge in [-0.05, 0) is 81.8 Å². The Labute approximate surface area is 162 Å². The van der Waals surface area contributed by atoms with Gasteiger partial charge in [0, 0.05) is 12.1 Å². The molecule has 3 N–H and O–H groups in total. The second kappa shape index (κ2) is 10.8. The van der Waals surface area contributed by atoms with E-state index in [1.54, 1.807) is 0 Å². The first-order valence-corrected chi connectivity index (χ1v) is 9.66. The third-order valence-electron chi connectivity index (χ3n) is 5.26. The van der Waals surface area contributed by atoms with Crippen LogP contribution in [0.1, 0.15) is 51.4 Å². The molecule has 146 valence electrons. The summed E-state index contributed by atoms with van der Waals surface area (Å²) in [5.41, 5.74) is 0.799. The zero-order valence-corrected chi connectivity index (χ0v) is 16.1. The number of anilines is 1. The number of hydrogen-bond donors (Lipinski definition) is 3. The lowest BCUT2D eigenvalue weighted by Gasteiger charge is -2.28. The lowest BCUT2D eigenvalue weighted by molar-refractivity contribution is -0.117. The Morgan fingerprint density at radius 3 is 2.62 bits per heavy atom. The molecule has 3 rings (SSSR count). The fourth-order valence-electron chi connectivity index (χ4n) is 3.78. The summed E-state index contributed by atoms with van der Waals surface area (Å²) in [7, 11) is 0. The van der Waals surface area contributed by atoms with Gasteiger partial charge in [0.15, 0.2) is 0 Å². The van der Waals surface area contributed by atoms with E-state index in [0.29, 0.717) is 12.3 Å². The van der Waals surface area contributed by atoms with Gasteiger partial charge in [0.2, 0.25) is 5.91 Å². The highest BCUT2D eigenvalue weighted by molar-refractivity contribution is 5.90. The van der Waals surface area contributed by atoms with Crippen LogP contribution in [0.4, 0.5) is 5.69 Å². The molecule has 5 nitrogen and oxygen atoms in total. The van der Waals surface area contributed by atoms with Crippen molar-refractivity contribution in [1.82, 2.24) is 5.32 Å². The largest absolute Gasteiger partial charge is 0.488 e. The number of nitrogens with one attached hydrogen (secondary N) is 2. The molecule has 3 atom stereocenters. The van der Waals surface area contributed by atoms with Crippen LogP contribution >= 0.6 is 12.4 Å². The average Bonchev–Trinajstić information content (AvgIpc) is 2.87. The smallest absolute Gasteiger partial charge is 0.224 e. The van der Waals surface area contributed by atoms with Gasteiger partial charge >= 0.3 is 0 Å². The maximum atomic E-state index is 12.2. The van der Waals surface area contributed by atoms with E-state index in [9.17, 15) is 9.90 Å². The predicted octanol–water partition coefficient (Wildman–Crippen LogP) is 3.51. The highest BCUT2D eigenvalue weighted by Gasteiger charge is 2.24. The Morgan fingerprint density at radius 1 is 1.08 bits per heavy atom. The Hall–Kier alpha value is -1.30. The molecule has 2 fully saturated rings. The van der Waals surface area contributed by atoms with Crippen molar-refractivity contribution in [2.45, 2.75) is 63.6 Å². The van der Waals surface area contributed by atoms with Crippen LogP contribution in [0.15, 0.2) is 24.3 Å². The molecule has 1 aliphatic heterocycles. The molecule has 1 aromatic carbocycles. The van der Waals surface area contributed by atoms with E-state index >= 15 is 0 Å². The molecular formula is C20H31ClN2O3. The van der Waals surface area contributed by atoms with Crippen LogP contribution in [0.3, 0.4) is 0 Å². The molecule has 0 radical (unpaired) electrons. The molecule has 26 heavy (non-hydrogen) atoms. The summed E-state index contributed by atoms with van der Waals surface area (Å²) in [4.78, 5) is 12.2. The van der Waals surface area contributed by atoms with Gasteiger partial charge in [-0.15, -0.1) is 12.4 Å². The molecule has 1 aromatic rings. The lowest BCUT2D eigenvalue weighted by atomic mass is 9.95. The van der Waals surface area contributed by atoms with Crippen molar-refractivity contribution in [3.63, 3.8) is 0 Å². The summed E-state index contributed by atoms with van der Waals surface area (Å²) < 4.78 is 5.89. The van der Waals surface area contributed by atoms with E-state index in [2.05, 4.69) is 10.6 Å². The van der Waals surface area contributed by atoms with Gasteiger partial charge < -0.3 is 20.5 Å². The number of benzene rings is 1. The summed E-state index contributed by atoms with van der Waals surface area (Å²) in [6.45, 7) is 2.08. The minimum Gasteiger partial charge on any atom is -0.488 e. The van der Waals surface area contributed by atoms with E-state index in [1.165, 1.54) is 0 Å². The van der Waals surface area contributed by atoms with Gasteiger partial charge in [0.05, 0.1) is 6.10 Å². The summed E-state index contributed by atoms with van der Waals surface area (Å²) >= 11 is 0. The maximum absolute atomic E-state index is 12.2. The maximum Gasteiger partial charge on any atom is 0.224 e. The predicted molar refractivity (Wildman–Crippen MR) is 106 cm³/mol. The Balaban J connectivity index is 0.00000243. The SMILES string of the molecule is Cl.O=C(CC1CCCNCC1)Nc1ccc(OC2CCCCC2O)cc1. The summed E-state index contributed by atoms with van der Waals surface area (Å²) in [6.07, 6.45) is 7.34. The van der Waals surface area contributed by atoms with E-state index in [4.69, 9.17) is 4.74 Å². The van der Waals surface area contributed by atoms with Crippen molar-refractivity contribution < 1.29 is 14.6 Å². The van der Waals surface area contributed by atoms with Gasteiger partial charge in [-0.2, -0.15) is 0 Å². The highest BCUT2D eigenvalue weighted by atomic mass is 35.5. The van der Waals surface area contributed by atoms with Crippen LogP contribution in [0.5, 0.6) is 5.75 Å². The number of carbonyl (C=O) groups is 1. The minimum absolute atomic E-state index is 0. The third-order valence-corrected chi connectivity index (χ3v) is 5.26. The van der Waals surface area contributed by atoms with Crippen LogP contribution < -0.4 is 15.4 Å². The molecule has 1 aliphatic carbocycles. The Kier molecular flexibility index (Phi) is 8.69. The fraction of sp³-hybridized carbons (Fsp3) is 0.650. The molecule has 1 saturated heterocycles. The lowest BCUT2D eigenvalue weighted by Crippen LogP contribution is -2.34. The number of amides is 1. The standard InChI is InChI=1S/C20H30N2O3.ClH/c23-18-5-1-2-6-19(18)25-17-9-7-16(8-10-17)22-20(24)14-15-4-3-12-21-13-11-15;/h7-10,15,18-19,21,23H,1-6,11-14H2,(H,22,24);1H. The number of ether oxygens (including phenoxy) is 1. The Bertz CT molecular complexity index is 544. The van der Waals surface area contributed by atoms with Crippen molar-refractivity contribution in [1.29, 1.82) is 0 Å². The third kappa shape index (κ3) is 6.45. The van der Waals surface area contributed by atoms with Crippen molar-refractivity contribution in [3.8, 4) is 5.75 Å². The zero-order chi connectivity index (χ0) is 17.5. The molecule has 0 bridgehead atoms. The molecule has 1 amide bonds. The van der Waals surface area contributed by atoms with E-state index < -0.39 is 0 Å². The van der Waals surface area contributed by atoms with Gasteiger partial charge in [-0.25, -0.2) is 0 Å². The minimum atomic E-state index is -0.373. The van der Waals surface area contributed by atoms with Gasteiger partial charge in [-0.3, -0.25) is 4.79 Å². The molecule has 3 unspecified atom stereocenters. The van der Waals surface area contributed by atoms with Crippen molar-refractivity contribution in [2.24, 2.45) is 5.92 Å². The average molecular weight is 383 g/mol. The number of hydrogen-bond acceptors (Lipinski definition) is 4. The molecule has 0 aromatic heterocycles. The number of aliphatic hydroxyl groups is 1. The quantitative estimate of drug-likeness (QED) is 0.728. The monoisotopic (exact) mass is 382 g/mol. The molecule has 1 saturated carbocycles. The van der Waals surface area contributed by atoms with E-state index in [0.717, 1.165) is 69.5 Å². The summed E-state index contributed by atoms with van der Waals surface area (Å²) in [5.74, 6) is 1.31. The van der Waals surface area contributed by atoms with Crippen LogP contribution in [-0.2, 0) is 4.79 Å². The van der Waals surface area contributed by atoms with Crippen molar-refractivity contribution in [3.05, 3.63) is 24.3 Å². The summed E-state index contributed by atoms with van der Waals surface area (Å²) in [5, 5.41) is 16.4. The van der Waals surface area contributed by atoms with E-state index in [1.807, 2.05) is 24.3 Å². The van der Waals surface area contributed by atoms with Crippen LogP contribution in [-0.4, -0.2) is 36.3 Å². The topological polar surface area (TPSA) is 70.6 Å². The Morgan fingerprint density at radius 2 is 1.85 bits per heavy atom. The number of carbonyl (C=O) groups excluding carboxylic acids is 1. The number of aliphatic hydroxyl groups excluding tert-OH is 1. The second-order valence-corrected chi connectivity index (χ2v) is 7.33. The highest BCUT2D eigenvalue weighted by Crippen LogP contribution is 2.25. The number of halogens is 1. The molecule has 0 spiro atoms. The summed E-state index contributed by atoms with van der Waals surface area (Å²) in [6, 6.07) is 7.48. The van der Waals surface area contributed by atoms with E-state index in [-0.39, 0.29) is 30.5 Å². The van der Waals surface area contributed by atoms with Gasteiger partial charge in [-0.1, -0.05) is 6.42 Å². The number of rotatable bonds is 5. The van der Waals surface area contributed by atoms with Crippen LogP contribution in [0, 0.1) is 5.92 Å². The zero-order valence-electron chi connectivity index (χ0n) is 15.3. The van der Waals surface area contributed by atoms with Crippen LogP contribution in [0.25, 0.3) is 0 Å². The first-order valence-electron chi connectivity index (χ1n) is 9.66. The normalized spacial score (nSPS) is 26.3. The molecule has 1 heterocycles. The van der Waals surface area contributed by atoms with Crippen LogP contribution in [0.2, 0.25) is 0 Å². The first-order chi connectivity index (χ1) is 12.2.